The van der Waals surface area contributed by atoms with E-state index in [4.69, 9.17) is 4.74 Å². The summed E-state index contributed by atoms with van der Waals surface area (Å²) >= 11 is 1.80. The molecule has 0 bridgehead atoms. The van der Waals surface area contributed by atoms with Crippen LogP contribution in [0.3, 0.4) is 0 Å². The van der Waals surface area contributed by atoms with Crippen LogP contribution >= 0.6 is 35.3 Å². The quantitative estimate of drug-likeness (QED) is 0.368. The van der Waals surface area contributed by atoms with Gasteiger partial charge in [-0.3, -0.25) is 9.89 Å². The number of nitrogens with zero attached hydrogens (tertiary/aromatic N) is 2. The van der Waals surface area contributed by atoms with Crippen molar-refractivity contribution in [3.05, 3.63) is 22.4 Å². The van der Waals surface area contributed by atoms with Crippen LogP contribution < -0.4 is 10.6 Å². The van der Waals surface area contributed by atoms with Gasteiger partial charge in [0.05, 0.1) is 13.2 Å². The molecule has 0 aromatic carbocycles. The van der Waals surface area contributed by atoms with E-state index >= 15 is 0 Å². The van der Waals surface area contributed by atoms with Crippen LogP contribution in [0.15, 0.2) is 22.5 Å². The minimum Gasteiger partial charge on any atom is -0.379 e. The Kier molecular flexibility index (Phi) is 10.9. The molecule has 1 aliphatic heterocycles. The lowest BCUT2D eigenvalue weighted by Crippen LogP contribution is -2.52. The van der Waals surface area contributed by atoms with Gasteiger partial charge in [0, 0.05) is 44.1 Å². The summed E-state index contributed by atoms with van der Waals surface area (Å²) in [6, 6.07) is 4.79. The molecule has 2 N–H and O–H groups in total. The van der Waals surface area contributed by atoms with Crippen LogP contribution in [0.1, 0.15) is 18.7 Å². The molecule has 138 valence electrons. The second kappa shape index (κ2) is 12.1. The van der Waals surface area contributed by atoms with Crippen LogP contribution in [0.4, 0.5) is 0 Å². The Balaban J connectivity index is 0.00000288. The fourth-order valence-corrected chi connectivity index (χ4v) is 3.59. The number of aliphatic imine (C=N–C) groups is 1. The van der Waals surface area contributed by atoms with Gasteiger partial charge < -0.3 is 15.4 Å². The van der Waals surface area contributed by atoms with E-state index in [0.29, 0.717) is 12.0 Å². The number of guanidine groups is 1. The molecule has 5 nitrogen and oxygen atoms in total. The Labute approximate surface area is 167 Å². The summed E-state index contributed by atoms with van der Waals surface area (Å²) in [7, 11) is 1.83. The Hall–Kier alpha value is -0.380. The van der Waals surface area contributed by atoms with Crippen LogP contribution in [0.25, 0.3) is 0 Å². The molecule has 0 aliphatic carbocycles. The zero-order chi connectivity index (χ0) is 16.5. The van der Waals surface area contributed by atoms with Gasteiger partial charge in [-0.1, -0.05) is 19.9 Å². The zero-order valence-corrected chi connectivity index (χ0v) is 18.1. The van der Waals surface area contributed by atoms with Crippen LogP contribution in [0, 0.1) is 5.92 Å². The minimum atomic E-state index is 0. The molecule has 2 heterocycles. The summed E-state index contributed by atoms with van der Waals surface area (Å²) in [6.45, 7) is 10.1. The van der Waals surface area contributed by atoms with E-state index in [-0.39, 0.29) is 24.0 Å². The maximum Gasteiger partial charge on any atom is 0.191 e. The van der Waals surface area contributed by atoms with E-state index in [1.807, 2.05) is 7.05 Å². The van der Waals surface area contributed by atoms with Crippen molar-refractivity contribution < 1.29 is 4.74 Å². The maximum absolute atomic E-state index is 5.47. The van der Waals surface area contributed by atoms with Gasteiger partial charge in [0.2, 0.25) is 0 Å². The van der Waals surface area contributed by atoms with Crippen LogP contribution in [0.5, 0.6) is 0 Å². The fraction of sp³-hybridized carbons (Fsp3) is 0.706. The van der Waals surface area contributed by atoms with Crippen molar-refractivity contribution in [2.45, 2.75) is 26.3 Å². The number of thiophene rings is 1. The van der Waals surface area contributed by atoms with E-state index in [1.165, 1.54) is 4.88 Å². The van der Waals surface area contributed by atoms with Crippen LogP contribution in [-0.2, 0) is 11.2 Å². The summed E-state index contributed by atoms with van der Waals surface area (Å²) in [6.07, 6.45) is 1.04. The molecule has 7 heteroatoms. The number of halogens is 1. The van der Waals surface area contributed by atoms with Gasteiger partial charge >= 0.3 is 0 Å². The standard InChI is InChI=1S/C17H30N4OS.HI/c1-14(2)16(21-8-10-22-11-9-21)13-20-17(18-3)19-7-6-15-5-4-12-23-15;/h4-5,12,14,16H,6-11,13H2,1-3H3,(H2,18,19,20);1H. The average molecular weight is 466 g/mol. The van der Waals surface area contributed by atoms with Gasteiger partial charge in [0.1, 0.15) is 0 Å². The highest BCUT2D eigenvalue weighted by Crippen LogP contribution is 2.12. The first-order chi connectivity index (χ1) is 11.2. The van der Waals surface area contributed by atoms with E-state index in [1.54, 1.807) is 11.3 Å². The molecule has 1 aliphatic rings. The molecule has 0 spiro atoms. The molecule has 2 rings (SSSR count). The molecule has 0 radical (unpaired) electrons. The molecular weight excluding hydrogens is 435 g/mol. The summed E-state index contributed by atoms with van der Waals surface area (Å²) < 4.78 is 5.47. The van der Waals surface area contributed by atoms with E-state index in [9.17, 15) is 0 Å². The third-order valence-corrected chi connectivity index (χ3v) is 5.17. The maximum atomic E-state index is 5.47. The van der Waals surface area contributed by atoms with Crippen molar-refractivity contribution in [3.8, 4) is 0 Å². The highest BCUT2D eigenvalue weighted by molar-refractivity contribution is 14.0. The Morgan fingerprint density at radius 1 is 1.33 bits per heavy atom. The van der Waals surface area contributed by atoms with Crippen molar-refractivity contribution in [3.63, 3.8) is 0 Å². The highest BCUT2D eigenvalue weighted by Gasteiger charge is 2.23. The number of ether oxygens (including phenoxy) is 1. The van der Waals surface area contributed by atoms with Crippen molar-refractivity contribution in [1.82, 2.24) is 15.5 Å². The van der Waals surface area contributed by atoms with Crippen molar-refractivity contribution in [2.24, 2.45) is 10.9 Å². The van der Waals surface area contributed by atoms with Crippen molar-refractivity contribution in [1.29, 1.82) is 0 Å². The fourth-order valence-electron chi connectivity index (χ4n) is 2.88. The third-order valence-electron chi connectivity index (χ3n) is 4.23. The predicted octanol–water partition coefficient (Wildman–Crippen LogP) is 2.43. The molecule has 1 aromatic rings. The lowest BCUT2D eigenvalue weighted by atomic mass is 10.0. The molecule has 1 fully saturated rings. The topological polar surface area (TPSA) is 48.9 Å². The van der Waals surface area contributed by atoms with E-state index < -0.39 is 0 Å². The third kappa shape index (κ3) is 7.25. The number of nitrogens with one attached hydrogen (secondary N) is 2. The molecule has 1 unspecified atom stereocenters. The van der Waals surface area contributed by atoms with Crippen LogP contribution in [0.2, 0.25) is 0 Å². The first-order valence-corrected chi connectivity index (χ1v) is 9.37. The molecule has 1 saturated heterocycles. The van der Waals surface area contributed by atoms with Crippen LogP contribution in [-0.4, -0.2) is 63.3 Å². The molecule has 1 aromatic heterocycles. The Morgan fingerprint density at radius 2 is 2.08 bits per heavy atom. The first-order valence-electron chi connectivity index (χ1n) is 8.49. The highest BCUT2D eigenvalue weighted by atomic mass is 127. The van der Waals surface area contributed by atoms with Crippen molar-refractivity contribution in [2.75, 3.05) is 46.4 Å². The summed E-state index contributed by atoms with van der Waals surface area (Å²) in [4.78, 5) is 8.27. The Morgan fingerprint density at radius 3 is 2.67 bits per heavy atom. The van der Waals surface area contributed by atoms with E-state index in [2.05, 4.69) is 51.9 Å². The zero-order valence-electron chi connectivity index (χ0n) is 15.0. The van der Waals surface area contributed by atoms with E-state index in [0.717, 1.165) is 51.8 Å². The number of hydrogen-bond donors (Lipinski definition) is 2. The van der Waals surface area contributed by atoms with Gasteiger partial charge in [-0.05, 0) is 23.8 Å². The molecule has 24 heavy (non-hydrogen) atoms. The normalized spacial score (nSPS) is 17.4. The lowest BCUT2D eigenvalue weighted by molar-refractivity contribution is 0.00752. The SMILES string of the molecule is CN=C(NCCc1cccs1)NCC(C(C)C)N1CCOCC1.I. The van der Waals surface area contributed by atoms with Crippen molar-refractivity contribution >= 4 is 41.3 Å². The number of hydrogen-bond acceptors (Lipinski definition) is 4. The summed E-state index contributed by atoms with van der Waals surface area (Å²) in [5, 5.41) is 9.02. The number of rotatable bonds is 7. The van der Waals surface area contributed by atoms with Gasteiger partial charge in [-0.2, -0.15) is 0 Å². The largest absolute Gasteiger partial charge is 0.379 e. The van der Waals surface area contributed by atoms with Gasteiger partial charge in [-0.15, -0.1) is 35.3 Å². The first kappa shape index (κ1) is 21.7. The molecule has 1 atom stereocenters. The lowest BCUT2D eigenvalue weighted by Gasteiger charge is -2.37. The molecule has 0 amide bonds. The summed E-state index contributed by atoms with van der Waals surface area (Å²) in [5.41, 5.74) is 0. The second-order valence-electron chi connectivity index (χ2n) is 6.17. The minimum absolute atomic E-state index is 0. The second-order valence-corrected chi connectivity index (χ2v) is 7.20. The average Bonchev–Trinajstić information content (AvgIpc) is 3.07. The molecular formula is C17H31IN4OS. The van der Waals surface area contributed by atoms with Gasteiger partial charge in [0.25, 0.3) is 0 Å². The molecule has 0 saturated carbocycles. The predicted molar refractivity (Wildman–Crippen MR) is 114 cm³/mol. The van der Waals surface area contributed by atoms with Gasteiger partial charge in [-0.25, -0.2) is 0 Å². The number of morpholine rings is 1. The monoisotopic (exact) mass is 466 g/mol. The smallest absolute Gasteiger partial charge is 0.191 e. The van der Waals surface area contributed by atoms with Gasteiger partial charge in [0.15, 0.2) is 5.96 Å². The summed E-state index contributed by atoms with van der Waals surface area (Å²) in [5.74, 6) is 1.49. The Bertz CT molecular complexity index is 461.